The number of rotatable bonds is 5. The molecule has 0 radical (unpaired) electrons. The molecule has 1 saturated heterocycles. The van der Waals surface area contributed by atoms with Gasteiger partial charge in [0.25, 0.3) is 0 Å². The number of anilines is 1. The second-order valence-corrected chi connectivity index (χ2v) is 5.94. The smallest absolute Gasteiger partial charge is 0.123 e. The second kappa shape index (κ2) is 6.88. The summed E-state index contributed by atoms with van der Waals surface area (Å²) in [7, 11) is 0. The number of nitrogens with zero attached hydrogens (tertiary/aromatic N) is 3. The Labute approximate surface area is 125 Å². The summed E-state index contributed by atoms with van der Waals surface area (Å²) in [6.07, 6.45) is 1.67. The summed E-state index contributed by atoms with van der Waals surface area (Å²) in [6.45, 7) is 6.63. The van der Waals surface area contributed by atoms with Gasteiger partial charge in [0, 0.05) is 31.9 Å². The van der Waals surface area contributed by atoms with E-state index in [1.165, 1.54) is 12.1 Å². The van der Waals surface area contributed by atoms with Crippen LogP contribution in [0.3, 0.4) is 0 Å². The van der Waals surface area contributed by atoms with Gasteiger partial charge in [0.05, 0.1) is 6.07 Å². The van der Waals surface area contributed by atoms with E-state index in [-0.39, 0.29) is 5.82 Å². The molecule has 0 aliphatic carbocycles. The van der Waals surface area contributed by atoms with Gasteiger partial charge in [-0.25, -0.2) is 4.39 Å². The number of benzene rings is 1. The van der Waals surface area contributed by atoms with E-state index in [1.54, 1.807) is 6.92 Å². The predicted octanol–water partition coefficient (Wildman–Crippen LogP) is 1.97. The van der Waals surface area contributed by atoms with E-state index in [0.29, 0.717) is 0 Å². The van der Waals surface area contributed by atoms with Crippen LogP contribution in [0, 0.1) is 17.1 Å². The van der Waals surface area contributed by atoms with Gasteiger partial charge in [-0.05, 0) is 50.6 Å². The molecule has 21 heavy (non-hydrogen) atoms. The molecular weight excluding hydrogens is 267 g/mol. The van der Waals surface area contributed by atoms with Gasteiger partial charge in [0.2, 0.25) is 0 Å². The van der Waals surface area contributed by atoms with Gasteiger partial charge in [-0.1, -0.05) is 0 Å². The lowest BCUT2D eigenvalue weighted by molar-refractivity contribution is 0.248. The first-order valence-electron chi connectivity index (χ1n) is 7.43. The van der Waals surface area contributed by atoms with Crippen LogP contribution in [-0.2, 0) is 0 Å². The van der Waals surface area contributed by atoms with Gasteiger partial charge in [0.1, 0.15) is 11.4 Å². The first kappa shape index (κ1) is 15.7. The minimum atomic E-state index is -0.712. The van der Waals surface area contributed by atoms with Crippen molar-refractivity contribution in [3.63, 3.8) is 0 Å². The molecule has 1 fully saturated rings. The highest BCUT2D eigenvalue weighted by Crippen LogP contribution is 2.17. The minimum Gasteiger partial charge on any atom is -0.369 e. The molecule has 1 unspecified atom stereocenters. The normalized spacial score (nSPS) is 19.0. The minimum absolute atomic E-state index is 0.195. The van der Waals surface area contributed by atoms with Crippen LogP contribution in [0.1, 0.15) is 19.8 Å². The molecule has 0 bridgehead atoms. The molecule has 1 atom stereocenters. The Kier molecular flexibility index (Phi) is 5.16. The first-order chi connectivity index (χ1) is 10.00. The van der Waals surface area contributed by atoms with E-state index in [0.717, 1.165) is 51.3 Å². The molecule has 4 nitrogen and oxygen atoms in total. The van der Waals surface area contributed by atoms with Crippen LogP contribution in [0.15, 0.2) is 24.3 Å². The summed E-state index contributed by atoms with van der Waals surface area (Å²) >= 11 is 0. The maximum atomic E-state index is 12.9. The zero-order valence-corrected chi connectivity index (χ0v) is 12.6. The van der Waals surface area contributed by atoms with E-state index in [4.69, 9.17) is 11.0 Å². The number of hydrogen-bond acceptors (Lipinski definition) is 4. The second-order valence-electron chi connectivity index (χ2n) is 5.94. The summed E-state index contributed by atoms with van der Waals surface area (Å²) in [4.78, 5) is 4.67. The Balaban J connectivity index is 1.74. The number of piperazine rings is 1. The number of hydrogen-bond donors (Lipinski definition) is 1. The predicted molar refractivity (Wildman–Crippen MR) is 82.5 cm³/mol. The maximum absolute atomic E-state index is 12.9. The molecule has 0 saturated carbocycles. The lowest BCUT2D eigenvalue weighted by Gasteiger charge is -2.36. The highest BCUT2D eigenvalue weighted by molar-refractivity contribution is 5.46. The Hall–Kier alpha value is -1.64. The quantitative estimate of drug-likeness (QED) is 0.901. The summed E-state index contributed by atoms with van der Waals surface area (Å²) < 4.78 is 12.9. The molecular formula is C16H23FN4. The van der Waals surface area contributed by atoms with E-state index >= 15 is 0 Å². The molecule has 0 spiro atoms. The fourth-order valence-electron chi connectivity index (χ4n) is 2.61. The Morgan fingerprint density at radius 1 is 1.24 bits per heavy atom. The molecule has 114 valence electrons. The van der Waals surface area contributed by atoms with Crippen LogP contribution in [0.5, 0.6) is 0 Å². The van der Waals surface area contributed by atoms with Crippen LogP contribution in [0.2, 0.25) is 0 Å². The summed E-state index contributed by atoms with van der Waals surface area (Å²) in [5.74, 6) is -0.195. The average molecular weight is 290 g/mol. The van der Waals surface area contributed by atoms with Gasteiger partial charge >= 0.3 is 0 Å². The van der Waals surface area contributed by atoms with E-state index < -0.39 is 5.54 Å². The molecule has 2 N–H and O–H groups in total. The molecule has 1 aliphatic rings. The van der Waals surface area contributed by atoms with Crippen molar-refractivity contribution in [1.29, 1.82) is 5.26 Å². The zero-order valence-electron chi connectivity index (χ0n) is 12.6. The van der Waals surface area contributed by atoms with Gasteiger partial charge in [-0.3, -0.25) is 4.90 Å². The molecule has 1 heterocycles. The average Bonchev–Trinajstić information content (AvgIpc) is 2.49. The van der Waals surface area contributed by atoms with Crippen molar-refractivity contribution in [3.05, 3.63) is 30.1 Å². The standard InChI is InChI=1S/C16H23FN4/c1-16(19,13-18)7-2-8-20-9-11-21(12-10-20)15-5-3-14(17)4-6-15/h3-6H,2,7-12,19H2,1H3. The Morgan fingerprint density at radius 2 is 1.86 bits per heavy atom. The number of nitrogens with two attached hydrogens (primary N) is 1. The third kappa shape index (κ3) is 4.69. The number of halogens is 1. The molecule has 5 heteroatoms. The summed E-state index contributed by atoms with van der Waals surface area (Å²) in [5.41, 5.74) is 6.19. The van der Waals surface area contributed by atoms with Gasteiger partial charge in [-0.15, -0.1) is 0 Å². The van der Waals surface area contributed by atoms with Gasteiger partial charge in [-0.2, -0.15) is 5.26 Å². The summed E-state index contributed by atoms with van der Waals surface area (Å²) in [6, 6.07) is 8.81. The van der Waals surface area contributed by atoms with E-state index in [1.807, 2.05) is 12.1 Å². The molecule has 1 aromatic carbocycles. The SMILES string of the molecule is CC(N)(C#N)CCCN1CCN(c2ccc(F)cc2)CC1. The molecule has 0 aromatic heterocycles. The van der Waals surface area contributed by atoms with Crippen LogP contribution in [0.25, 0.3) is 0 Å². The lowest BCUT2D eigenvalue weighted by atomic mass is 9.99. The van der Waals surface area contributed by atoms with Crippen molar-refractivity contribution in [2.75, 3.05) is 37.6 Å². The van der Waals surface area contributed by atoms with Crippen molar-refractivity contribution < 1.29 is 4.39 Å². The van der Waals surface area contributed by atoms with Crippen molar-refractivity contribution in [3.8, 4) is 6.07 Å². The van der Waals surface area contributed by atoms with Crippen LogP contribution in [0.4, 0.5) is 10.1 Å². The van der Waals surface area contributed by atoms with Crippen LogP contribution >= 0.6 is 0 Å². The summed E-state index contributed by atoms with van der Waals surface area (Å²) in [5, 5.41) is 8.89. The maximum Gasteiger partial charge on any atom is 0.123 e. The molecule has 1 aromatic rings. The highest BCUT2D eigenvalue weighted by atomic mass is 19.1. The van der Waals surface area contributed by atoms with E-state index in [2.05, 4.69) is 15.9 Å². The molecule has 1 aliphatic heterocycles. The van der Waals surface area contributed by atoms with Crippen molar-refractivity contribution >= 4 is 5.69 Å². The van der Waals surface area contributed by atoms with Crippen LogP contribution in [-0.4, -0.2) is 43.2 Å². The first-order valence-corrected chi connectivity index (χ1v) is 7.43. The highest BCUT2D eigenvalue weighted by Gasteiger charge is 2.20. The van der Waals surface area contributed by atoms with Crippen LogP contribution < -0.4 is 10.6 Å². The fraction of sp³-hybridized carbons (Fsp3) is 0.562. The zero-order chi connectivity index (χ0) is 15.3. The van der Waals surface area contributed by atoms with Gasteiger partial charge in [0.15, 0.2) is 0 Å². The van der Waals surface area contributed by atoms with Crippen molar-refractivity contribution in [1.82, 2.24) is 4.90 Å². The number of nitriles is 1. The van der Waals surface area contributed by atoms with Crippen molar-refractivity contribution in [2.24, 2.45) is 5.73 Å². The van der Waals surface area contributed by atoms with Gasteiger partial charge < -0.3 is 10.6 Å². The molecule has 0 amide bonds. The van der Waals surface area contributed by atoms with E-state index in [9.17, 15) is 4.39 Å². The third-order valence-electron chi connectivity index (χ3n) is 3.99. The topological polar surface area (TPSA) is 56.3 Å². The lowest BCUT2D eigenvalue weighted by Crippen LogP contribution is -2.47. The Morgan fingerprint density at radius 3 is 2.43 bits per heavy atom. The van der Waals surface area contributed by atoms with Crippen molar-refractivity contribution in [2.45, 2.75) is 25.3 Å². The molecule has 2 rings (SSSR count). The third-order valence-corrected chi connectivity index (χ3v) is 3.99. The largest absolute Gasteiger partial charge is 0.369 e. The fourth-order valence-corrected chi connectivity index (χ4v) is 2.61. The monoisotopic (exact) mass is 290 g/mol. The Bertz CT molecular complexity index is 484.